The Balaban J connectivity index is 2.92. The quantitative estimate of drug-likeness (QED) is 0.827. The summed E-state index contributed by atoms with van der Waals surface area (Å²) in [7, 11) is 0. The van der Waals surface area contributed by atoms with Gasteiger partial charge in [-0.15, -0.1) is 0 Å². The van der Waals surface area contributed by atoms with E-state index in [0.717, 1.165) is 0 Å². The molecular formula is C13H18N2O3. The van der Waals surface area contributed by atoms with Crippen LogP contribution in [0.4, 0.5) is 0 Å². The summed E-state index contributed by atoms with van der Waals surface area (Å²) in [6, 6.07) is 5.12. The summed E-state index contributed by atoms with van der Waals surface area (Å²) in [5.41, 5.74) is 0.0130. The van der Waals surface area contributed by atoms with Gasteiger partial charge in [0.25, 0.3) is 5.91 Å². The summed E-state index contributed by atoms with van der Waals surface area (Å²) in [6.07, 6.45) is 0.541. The first-order valence-corrected chi connectivity index (χ1v) is 5.70. The van der Waals surface area contributed by atoms with E-state index in [-0.39, 0.29) is 5.91 Å². The number of pyridine rings is 1. The fraction of sp³-hybridized carbons (Fsp3) is 0.462. The number of aromatic nitrogens is 1. The molecule has 0 radical (unpaired) electrons. The Morgan fingerprint density at radius 3 is 2.44 bits per heavy atom. The first kappa shape index (κ1) is 14.2. The highest BCUT2D eigenvalue weighted by Crippen LogP contribution is 2.16. The number of amides is 1. The third-order valence-electron chi connectivity index (χ3n) is 1.98. The molecule has 0 saturated carbocycles. The molecule has 0 aliphatic heterocycles. The van der Waals surface area contributed by atoms with Crippen LogP contribution < -0.4 is 5.32 Å². The van der Waals surface area contributed by atoms with Crippen molar-refractivity contribution in [3.05, 3.63) is 30.1 Å². The molecule has 1 amide bonds. The van der Waals surface area contributed by atoms with Crippen LogP contribution in [0.2, 0.25) is 0 Å². The van der Waals surface area contributed by atoms with Gasteiger partial charge in [0.1, 0.15) is 0 Å². The third-order valence-corrected chi connectivity index (χ3v) is 1.98. The second-order valence-electron chi connectivity index (χ2n) is 4.98. The van der Waals surface area contributed by atoms with Crippen LogP contribution in [0.5, 0.6) is 0 Å². The number of carbonyl (C=O) groups excluding carboxylic acids is 2. The molecule has 0 aromatic carbocycles. The summed E-state index contributed by atoms with van der Waals surface area (Å²) in [5.74, 6) is -0.897. The lowest BCUT2D eigenvalue weighted by molar-refractivity contribution is -0.155. The number of ether oxygens (including phenoxy) is 1. The maximum absolute atomic E-state index is 12.1. The smallest absolute Gasteiger partial charge is 0.303 e. The molecular weight excluding hydrogens is 232 g/mol. The maximum atomic E-state index is 12.1. The van der Waals surface area contributed by atoms with E-state index in [0.29, 0.717) is 5.69 Å². The monoisotopic (exact) mass is 250 g/mol. The molecule has 0 bridgehead atoms. The zero-order chi connectivity index (χ0) is 13.8. The van der Waals surface area contributed by atoms with Crippen molar-refractivity contribution in [2.45, 2.75) is 39.3 Å². The number of nitrogens with one attached hydrogen (secondary N) is 1. The van der Waals surface area contributed by atoms with Crippen molar-refractivity contribution < 1.29 is 14.3 Å². The van der Waals surface area contributed by atoms with Crippen LogP contribution in [0.15, 0.2) is 24.4 Å². The van der Waals surface area contributed by atoms with Gasteiger partial charge in [0.05, 0.1) is 5.69 Å². The van der Waals surface area contributed by atoms with Gasteiger partial charge < -0.3 is 10.1 Å². The standard InChI is InChI=1S/C13H18N2O3/c1-9(16)18-11(10-7-5-6-8-14-10)12(17)15-13(2,3)4/h5-8,11H,1-4H3,(H,15,17). The van der Waals surface area contributed by atoms with E-state index in [4.69, 9.17) is 4.74 Å². The van der Waals surface area contributed by atoms with Crippen LogP contribution in [0.3, 0.4) is 0 Å². The SMILES string of the molecule is CC(=O)OC(C(=O)NC(C)(C)C)c1ccccn1. The molecule has 1 atom stereocenters. The van der Waals surface area contributed by atoms with E-state index in [1.165, 1.54) is 6.92 Å². The minimum absolute atomic E-state index is 0.378. The van der Waals surface area contributed by atoms with Gasteiger partial charge in [-0.2, -0.15) is 0 Å². The second-order valence-corrected chi connectivity index (χ2v) is 4.98. The first-order chi connectivity index (χ1) is 8.29. The molecule has 18 heavy (non-hydrogen) atoms. The van der Waals surface area contributed by atoms with E-state index in [9.17, 15) is 9.59 Å². The predicted molar refractivity (Wildman–Crippen MR) is 66.6 cm³/mol. The Hall–Kier alpha value is -1.91. The number of esters is 1. The molecule has 1 N–H and O–H groups in total. The van der Waals surface area contributed by atoms with Crippen LogP contribution in [-0.4, -0.2) is 22.4 Å². The Morgan fingerprint density at radius 2 is 2.00 bits per heavy atom. The van der Waals surface area contributed by atoms with Crippen LogP contribution >= 0.6 is 0 Å². The van der Waals surface area contributed by atoms with Crippen molar-refractivity contribution in [1.29, 1.82) is 0 Å². The topological polar surface area (TPSA) is 68.3 Å². The molecule has 0 saturated heterocycles. The van der Waals surface area contributed by atoms with Crippen molar-refractivity contribution in [3.63, 3.8) is 0 Å². The lowest BCUT2D eigenvalue weighted by Gasteiger charge is -2.24. The minimum Gasteiger partial charge on any atom is -0.446 e. The molecule has 0 aliphatic rings. The normalized spacial score (nSPS) is 12.7. The van der Waals surface area contributed by atoms with Gasteiger partial charge in [-0.3, -0.25) is 14.6 Å². The molecule has 1 heterocycles. The molecule has 1 unspecified atom stereocenters. The van der Waals surface area contributed by atoms with Crippen molar-refractivity contribution in [3.8, 4) is 0 Å². The van der Waals surface area contributed by atoms with Gasteiger partial charge in [-0.05, 0) is 32.9 Å². The highest BCUT2D eigenvalue weighted by atomic mass is 16.5. The number of hydrogen-bond acceptors (Lipinski definition) is 4. The van der Waals surface area contributed by atoms with Crippen molar-refractivity contribution in [2.75, 3.05) is 0 Å². The fourth-order valence-corrected chi connectivity index (χ4v) is 1.38. The average Bonchev–Trinajstić information content (AvgIpc) is 2.24. The highest BCUT2D eigenvalue weighted by Gasteiger charge is 2.27. The molecule has 1 aromatic heterocycles. The summed E-state index contributed by atoms with van der Waals surface area (Å²) in [4.78, 5) is 27.2. The van der Waals surface area contributed by atoms with Crippen LogP contribution in [0, 0.1) is 0 Å². The van der Waals surface area contributed by atoms with E-state index < -0.39 is 17.6 Å². The van der Waals surface area contributed by atoms with Crippen LogP contribution in [0.1, 0.15) is 39.5 Å². The van der Waals surface area contributed by atoms with E-state index in [1.54, 1.807) is 24.4 Å². The Bertz CT molecular complexity index is 424. The molecule has 1 rings (SSSR count). The van der Waals surface area contributed by atoms with E-state index >= 15 is 0 Å². The lowest BCUT2D eigenvalue weighted by atomic mass is 10.1. The molecule has 0 fully saturated rings. The van der Waals surface area contributed by atoms with Gasteiger partial charge >= 0.3 is 5.97 Å². The largest absolute Gasteiger partial charge is 0.446 e. The zero-order valence-electron chi connectivity index (χ0n) is 11.1. The van der Waals surface area contributed by atoms with Gasteiger partial charge in [-0.25, -0.2) is 0 Å². The maximum Gasteiger partial charge on any atom is 0.303 e. The Labute approximate surface area is 107 Å². The summed E-state index contributed by atoms with van der Waals surface area (Å²) in [5, 5.41) is 2.77. The summed E-state index contributed by atoms with van der Waals surface area (Å²) >= 11 is 0. The molecule has 5 nitrogen and oxygen atoms in total. The molecule has 98 valence electrons. The van der Waals surface area contributed by atoms with Crippen LogP contribution in [0.25, 0.3) is 0 Å². The molecule has 1 aromatic rings. The van der Waals surface area contributed by atoms with Gasteiger partial charge in [0, 0.05) is 18.7 Å². The van der Waals surface area contributed by atoms with Gasteiger partial charge in [0.15, 0.2) is 0 Å². The van der Waals surface area contributed by atoms with Gasteiger partial charge in [0.2, 0.25) is 6.10 Å². The van der Waals surface area contributed by atoms with E-state index in [2.05, 4.69) is 10.3 Å². The van der Waals surface area contributed by atoms with Crippen molar-refractivity contribution in [1.82, 2.24) is 10.3 Å². The van der Waals surface area contributed by atoms with Crippen molar-refractivity contribution >= 4 is 11.9 Å². The molecule has 0 spiro atoms. The Kier molecular flexibility index (Phi) is 4.42. The summed E-state index contributed by atoms with van der Waals surface area (Å²) < 4.78 is 5.03. The Morgan fingerprint density at radius 1 is 1.33 bits per heavy atom. The fourth-order valence-electron chi connectivity index (χ4n) is 1.38. The summed E-state index contributed by atoms with van der Waals surface area (Å²) in [6.45, 7) is 6.83. The first-order valence-electron chi connectivity index (χ1n) is 5.70. The molecule has 5 heteroatoms. The predicted octanol–water partition coefficient (Wildman–Crippen LogP) is 1.60. The number of nitrogens with zero attached hydrogens (tertiary/aromatic N) is 1. The average molecular weight is 250 g/mol. The minimum atomic E-state index is -1.01. The van der Waals surface area contributed by atoms with Crippen molar-refractivity contribution in [2.24, 2.45) is 0 Å². The molecule has 0 aliphatic carbocycles. The highest BCUT2D eigenvalue weighted by molar-refractivity contribution is 5.84. The third kappa shape index (κ3) is 4.53. The second kappa shape index (κ2) is 5.62. The number of rotatable bonds is 3. The number of carbonyl (C=O) groups is 2. The zero-order valence-corrected chi connectivity index (χ0v) is 11.1. The van der Waals surface area contributed by atoms with E-state index in [1.807, 2.05) is 20.8 Å². The number of hydrogen-bond donors (Lipinski definition) is 1. The lowest BCUT2D eigenvalue weighted by Crippen LogP contribution is -2.44. The van der Waals surface area contributed by atoms with Gasteiger partial charge in [-0.1, -0.05) is 6.07 Å². The van der Waals surface area contributed by atoms with Crippen LogP contribution in [-0.2, 0) is 14.3 Å².